The average Bonchev–Trinajstić information content (AvgIpc) is 2.90. The molecule has 0 fully saturated rings. The first-order valence-electron chi connectivity index (χ1n) is 14.8. The first-order chi connectivity index (χ1) is 18.1. The Bertz CT molecular complexity index is 962. The standard InChI is InChI=1S/C18H30NO.C16H25NO.CH4.HI/c1-6-19(7-2,8-3)13-12-17(20)14-18-15(4)10-9-11-16(18)5;1-5-17(6-2)11-10-15(18)12-16-13(3)8-7-9-14(16)4;;/h9-11H,6-8,12-14H2,1-5H3;7-9H,5-6,10-12H2,1-4H3;1H4;1H/q+1;;;/p-1. The normalized spacial score (nSPS) is 10.8. The van der Waals surface area contributed by atoms with Gasteiger partial charge < -0.3 is 33.4 Å². The maximum atomic E-state index is 12.3. The number of halogens is 1. The Labute approximate surface area is 264 Å². The highest BCUT2D eigenvalue weighted by atomic mass is 127. The van der Waals surface area contributed by atoms with Crippen LogP contribution in [0, 0.1) is 27.7 Å². The third-order valence-corrected chi connectivity index (χ3v) is 8.52. The quantitative estimate of drug-likeness (QED) is 0.208. The van der Waals surface area contributed by atoms with Gasteiger partial charge in [0, 0.05) is 25.8 Å². The Balaban J connectivity index is 0. The molecule has 0 atom stereocenters. The number of aryl methyl sites for hydroxylation is 4. The Morgan fingerprint density at radius 2 is 1.00 bits per heavy atom. The molecule has 0 saturated carbocycles. The second-order valence-electron chi connectivity index (χ2n) is 10.7. The molecule has 0 spiro atoms. The average molecular weight is 667 g/mol. The number of quaternary nitrogens is 1. The summed E-state index contributed by atoms with van der Waals surface area (Å²) in [4.78, 5) is 26.6. The van der Waals surface area contributed by atoms with Gasteiger partial charge in [-0.1, -0.05) is 57.7 Å². The smallest absolute Gasteiger partial charge is 0.142 e. The maximum absolute atomic E-state index is 12.3. The zero-order valence-corrected chi connectivity index (χ0v) is 28.5. The summed E-state index contributed by atoms with van der Waals surface area (Å²) in [5.74, 6) is 0.722. The molecule has 228 valence electrons. The molecular weight excluding hydrogens is 607 g/mol. The van der Waals surface area contributed by atoms with Crippen molar-refractivity contribution in [3.63, 3.8) is 0 Å². The molecule has 0 radical (unpaired) electrons. The van der Waals surface area contributed by atoms with Gasteiger partial charge in [0.1, 0.15) is 11.6 Å². The van der Waals surface area contributed by atoms with E-state index in [1.54, 1.807) is 0 Å². The van der Waals surface area contributed by atoms with Gasteiger partial charge in [-0.2, -0.15) is 0 Å². The molecule has 2 aromatic carbocycles. The van der Waals surface area contributed by atoms with Crippen molar-refractivity contribution < 1.29 is 38.0 Å². The minimum atomic E-state index is 0. The van der Waals surface area contributed by atoms with Crippen LogP contribution in [-0.4, -0.2) is 66.8 Å². The summed E-state index contributed by atoms with van der Waals surface area (Å²) in [7, 11) is 0. The lowest BCUT2D eigenvalue weighted by Crippen LogP contribution is -3.00. The van der Waals surface area contributed by atoms with Crippen molar-refractivity contribution in [2.24, 2.45) is 0 Å². The van der Waals surface area contributed by atoms with Gasteiger partial charge in [0.25, 0.3) is 0 Å². The van der Waals surface area contributed by atoms with Crippen LogP contribution in [0.5, 0.6) is 0 Å². The predicted octanol–water partition coefficient (Wildman–Crippen LogP) is 4.47. The lowest BCUT2D eigenvalue weighted by Gasteiger charge is -2.35. The Morgan fingerprint density at radius 3 is 1.32 bits per heavy atom. The molecule has 40 heavy (non-hydrogen) atoms. The minimum Gasteiger partial charge on any atom is -1.00 e. The maximum Gasteiger partial charge on any atom is 0.142 e. The van der Waals surface area contributed by atoms with Gasteiger partial charge in [-0.15, -0.1) is 0 Å². The molecule has 0 amide bonds. The molecule has 0 unspecified atom stereocenters. The number of benzene rings is 2. The first-order valence-corrected chi connectivity index (χ1v) is 14.8. The number of carbonyl (C=O) groups is 2. The third kappa shape index (κ3) is 13.4. The fraction of sp³-hybridized carbons (Fsp3) is 0.600. The van der Waals surface area contributed by atoms with Crippen LogP contribution < -0.4 is 24.0 Å². The van der Waals surface area contributed by atoms with E-state index in [4.69, 9.17) is 0 Å². The lowest BCUT2D eigenvalue weighted by molar-refractivity contribution is -0.922. The Hall–Kier alpha value is -1.57. The number of nitrogens with zero attached hydrogens (tertiary/aromatic N) is 2. The number of hydrogen-bond donors (Lipinski definition) is 0. The van der Waals surface area contributed by atoms with Gasteiger partial charge in [-0.25, -0.2) is 0 Å². The predicted molar refractivity (Wildman–Crippen MR) is 170 cm³/mol. The molecule has 2 aromatic rings. The van der Waals surface area contributed by atoms with Crippen LogP contribution in [0.15, 0.2) is 36.4 Å². The fourth-order valence-electron chi connectivity index (χ4n) is 5.16. The van der Waals surface area contributed by atoms with E-state index < -0.39 is 0 Å². The number of Topliss-reactive ketones (excluding diaryl/α,β-unsaturated/α-hetero) is 2. The van der Waals surface area contributed by atoms with E-state index in [1.807, 2.05) is 0 Å². The van der Waals surface area contributed by atoms with E-state index >= 15 is 0 Å². The van der Waals surface area contributed by atoms with Crippen molar-refractivity contribution in [1.82, 2.24) is 4.90 Å². The fourth-order valence-corrected chi connectivity index (χ4v) is 5.16. The van der Waals surface area contributed by atoms with E-state index in [9.17, 15) is 9.59 Å². The van der Waals surface area contributed by atoms with Crippen LogP contribution in [0.1, 0.15) is 88.3 Å². The van der Waals surface area contributed by atoms with Gasteiger partial charge in [-0.05, 0) is 94.9 Å². The van der Waals surface area contributed by atoms with Crippen LogP contribution in [-0.2, 0) is 22.4 Å². The molecule has 0 bridgehead atoms. The third-order valence-electron chi connectivity index (χ3n) is 8.52. The summed E-state index contributed by atoms with van der Waals surface area (Å²) in [5, 5.41) is 0. The zero-order chi connectivity index (χ0) is 28.7. The minimum absolute atomic E-state index is 0. The van der Waals surface area contributed by atoms with Crippen molar-refractivity contribution in [3.8, 4) is 0 Å². The van der Waals surface area contributed by atoms with Crippen LogP contribution in [0.25, 0.3) is 0 Å². The summed E-state index contributed by atoms with van der Waals surface area (Å²) < 4.78 is 1.05. The SMILES string of the molecule is C.CCN(CC)CCC(=O)Cc1c(C)cccc1C.CC[N+](CC)(CC)CCC(=O)Cc1c(C)cccc1C.[I-]. The molecule has 5 heteroatoms. The second-order valence-corrected chi connectivity index (χ2v) is 10.7. The first kappa shape index (κ1) is 40.6. The topological polar surface area (TPSA) is 37.4 Å². The van der Waals surface area contributed by atoms with Gasteiger partial charge in [0.05, 0.1) is 32.6 Å². The van der Waals surface area contributed by atoms with E-state index in [0.29, 0.717) is 37.2 Å². The number of carbonyl (C=O) groups excluding carboxylic acids is 2. The highest BCUT2D eigenvalue weighted by Crippen LogP contribution is 2.16. The van der Waals surface area contributed by atoms with E-state index in [2.05, 4.69) is 104 Å². The number of hydrogen-bond acceptors (Lipinski definition) is 3. The van der Waals surface area contributed by atoms with Gasteiger partial charge in [-0.3, -0.25) is 9.59 Å². The molecule has 4 nitrogen and oxygen atoms in total. The van der Waals surface area contributed by atoms with Crippen molar-refractivity contribution in [2.45, 2.75) is 95.4 Å². The molecular formula is C35H59IN2O2. The lowest BCUT2D eigenvalue weighted by atomic mass is 9.97. The molecule has 0 aliphatic rings. The van der Waals surface area contributed by atoms with Crippen molar-refractivity contribution in [2.75, 3.05) is 45.8 Å². The summed E-state index contributed by atoms with van der Waals surface area (Å²) in [6.45, 7) is 26.6. The monoisotopic (exact) mass is 666 g/mol. The second kappa shape index (κ2) is 21.2. The summed E-state index contributed by atoms with van der Waals surface area (Å²) in [5.41, 5.74) is 7.36. The molecule has 0 saturated heterocycles. The highest BCUT2D eigenvalue weighted by molar-refractivity contribution is 5.82. The van der Waals surface area contributed by atoms with E-state index in [1.165, 1.54) is 33.4 Å². The molecule has 0 aliphatic heterocycles. The van der Waals surface area contributed by atoms with Crippen molar-refractivity contribution in [1.29, 1.82) is 0 Å². The summed E-state index contributed by atoms with van der Waals surface area (Å²) >= 11 is 0. The van der Waals surface area contributed by atoms with E-state index in [0.717, 1.165) is 50.3 Å². The van der Waals surface area contributed by atoms with Gasteiger partial charge >= 0.3 is 0 Å². The van der Waals surface area contributed by atoms with Crippen LogP contribution >= 0.6 is 0 Å². The largest absolute Gasteiger partial charge is 1.00 e. The highest BCUT2D eigenvalue weighted by Gasteiger charge is 2.22. The van der Waals surface area contributed by atoms with Crippen LogP contribution in [0.3, 0.4) is 0 Å². The molecule has 0 aliphatic carbocycles. The summed E-state index contributed by atoms with van der Waals surface area (Å²) in [6, 6.07) is 12.5. The molecule has 0 N–H and O–H groups in total. The Morgan fingerprint density at radius 1 is 0.650 bits per heavy atom. The van der Waals surface area contributed by atoms with Crippen molar-refractivity contribution in [3.05, 3.63) is 69.8 Å². The number of rotatable bonds is 15. The van der Waals surface area contributed by atoms with E-state index in [-0.39, 0.29) is 31.4 Å². The molecule has 2 rings (SSSR count). The van der Waals surface area contributed by atoms with Gasteiger partial charge in [0.15, 0.2) is 0 Å². The zero-order valence-electron chi connectivity index (χ0n) is 26.3. The number of ketones is 2. The summed E-state index contributed by atoms with van der Waals surface area (Å²) in [6.07, 6.45) is 2.54. The van der Waals surface area contributed by atoms with Crippen molar-refractivity contribution >= 4 is 11.6 Å². The van der Waals surface area contributed by atoms with Gasteiger partial charge in [0.2, 0.25) is 0 Å². The molecule has 0 heterocycles. The Kier molecular flexibility index (Phi) is 21.5. The molecule has 0 aromatic heterocycles. The van der Waals surface area contributed by atoms with Crippen LogP contribution in [0.4, 0.5) is 0 Å². The van der Waals surface area contributed by atoms with Crippen LogP contribution in [0.2, 0.25) is 0 Å².